The first-order chi connectivity index (χ1) is 15.0. The predicted molar refractivity (Wildman–Crippen MR) is 124 cm³/mol. The molecule has 7 nitrogen and oxygen atoms in total. The minimum absolute atomic E-state index is 0.0315. The molecule has 0 radical (unpaired) electrons. The predicted octanol–water partition coefficient (Wildman–Crippen LogP) is 3.08. The number of hydrogen-bond acceptors (Lipinski definition) is 4. The van der Waals surface area contributed by atoms with Gasteiger partial charge in [-0.1, -0.05) is 32.0 Å². The van der Waals surface area contributed by atoms with E-state index in [1.807, 2.05) is 35.8 Å². The summed E-state index contributed by atoms with van der Waals surface area (Å²) in [6, 6.07) is 7.42. The number of carbonyl (C=O) groups excluding carboxylic acids is 1. The summed E-state index contributed by atoms with van der Waals surface area (Å²) in [4.78, 5) is 28.7. The number of fused-ring (bicyclic) bond motifs is 3. The minimum atomic E-state index is -0.437. The van der Waals surface area contributed by atoms with Crippen LogP contribution in [-0.2, 0) is 11.8 Å². The summed E-state index contributed by atoms with van der Waals surface area (Å²) < 4.78 is 3.25. The highest BCUT2D eigenvalue weighted by Gasteiger charge is 2.25. The number of amides is 1. The number of carbonyl (C=O) groups is 1. The number of likely N-dealkylation sites (tertiary alicyclic amines) is 1. The van der Waals surface area contributed by atoms with Crippen LogP contribution in [0.15, 0.2) is 35.3 Å². The maximum Gasteiger partial charge on any atom is 0.291 e. The van der Waals surface area contributed by atoms with Gasteiger partial charge in [0.25, 0.3) is 5.56 Å². The molecule has 0 spiro atoms. The van der Waals surface area contributed by atoms with Crippen molar-refractivity contribution in [3.63, 3.8) is 0 Å². The van der Waals surface area contributed by atoms with E-state index in [1.165, 1.54) is 17.5 Å². The van der Waals surface area contributed by atoms with Crippen molar-refractivity contribution in [1.29, 1.82) is 0 Å². The SMILES string of the molecule is CC[C@H](C(=O)NCCCN1CCC[C@@H](C)C1)n1c2ccccc2c2cnn(C)c(=O)c21. The first-order valence-corrected chi connectivity index (χ1v) is 11.5. The van der Waals surface area contributed by atoms with E-state index in [9.17, 15) is 9.59 Å². The fourth-order valence-corrected chi connectivity index (χ4v) is 4.92. The number of aromatic nitrogens is 3. The zero-order valence-corrected chi connectivity index (χ0v) is 18.8. The lowest BCUT2D eigenvalue weighted by molar-refractivity contribution is -0.124. The smallest absolute Gasteiger partial charge is 0.291 e. The maximum atomic E-state index is 13.2. The van der Waals surface area contributed by atoms with Gasteiger partial charge in [-0.25, -0.2) is 4.68 Å². The van der Waals surface area contributed by atoms with E-state index in [0.29, 0.717) is 18.5 Å². The zero-order chi connectivity index (χ0) is 22.0. The second-order valence-corrected chi connectivity index (χ2v) is 8.84. The number of nitrogens with zero attached hydrogens (tertiary/aromatic N) is 4. The van der Waals surface area contributed by atoms with E-state index in [1.54, 1.807) is 13.2 Å². The van der Waals surface area contributed by atoms with Gasteiger partial charge in [0.15, 0.2) is 0 Å². The number of para-hydroxylation sites is 1. The van der Waals surface area contributed by atoms with E-state index in [2.05, 4.69) is 22.2 Å². The zero-order valence-electron chi connectivity index (χ0n) is 18.8. The Balaban J connectivity index is 1.55. The van der Waals surface area contributed by atoms with E-state index in [4.69, 9.17) is 0 Å². The van der Waals surface area contributed by atoms with E-state index >= 15 is 0 Å². The van der Waals surface area contributed by atoms with Crippen molar-refractivity contribution in [2.45, 2.75) is 45.6 Å². The Kier molecular flexibility index (Phi) is 6.41. The van der Waals surface area contributed by atoms with E-state index < -0.39 is 6.04 Å². The van der Waals surface area contributed by atoms with Gasteiger partial charge >= 0.3 is 0 Å². The van der Waals surface area contributed by atoms with Gasteiger partial charge in [0.05, 0.1) is 11.7 Å². The first kappa shape index (κ1) is 21.6. The molecule has 3 aromatic rings. The monoisotopic (exact) mass is 423 g/mol. The molecule has 4 rings (SSSR count). The normalized spacial score (nSPS) is 18.5. The van der Waals surface area contributed by atoms with Crippen molar-refractivity contribution in [1.82, 2.24) is 24.6 Å². The van der Waals surface area contributed by atoms with Gasteiger partial charge in [-0.15, -0.1) is 0 Å². The van der Waals surface area contributed by atoms with Crippen molar-refractivity contribution < 1.29 is 4.79 Å². The van der Waals surface area contributed by atoms with Crippen molar-refractivity contribution in [2.75, 3.05) is 26.2 Å². The summed E-state index contributed by atoms with van der Waals surface area (Å²) in [5.41, 5.74) is 1.26. The van der Waals surface area contributed by atoms with Crippen molar-refractivity contribution >= 4 is 27.7 Å². The number of aryl methyl sites for hydroxylation is 1. The van der Waals surface area contributed by atoms with Crippen molar-refractivity contribution in [3.8, 4) is 0 Å². The van der Waals surface area contributed by atoms with E-state index in [-0.39, 0.29) is 11.5 Å². The number of nitrogens with one attached hydrogen (secondary N) is 1. The fourth-order valence-electron chi connectivity index (χ4n) is 4.92. The van der Waals surface area contributed by atoms with Gasteiger partial charge in [-0.3, -0.25) is 9.59 Å². The highest BCUT2D eigenvalue weighted by Crippen LogP contribution is 2.30. The van der Waals surface area contributed by atoms with Gasteiger partial charge in [-0.05, 0) is 50.8 Å². The highest BCUT2D eigenvalue weighted by molar-refractivity contribution is 6.08. The standard InChI is InChI=1S/C24H33N5O2/c1-4-20(23(30)25-12-8-14-28-13-7-9-17(2)16-28)29-21-11-6-5-10-18(21)19-15-26-27(3)24(31)22(19)29/h5-6,10-11,15,17,20H,4,7-9,12-14,16H2,1-3H3,(H,25,30)/t17-,20-/m1/s1. The second kappa shape index (κ2) is 9.22. The molecule has 1 amide bonds. The van der Waals surface area contributed by atoms with Crippen molar-refractivity contribution in [3.05, 3.63) is 40.8 Å². The van der Waals surface area contributed by atoms with Crippen LogP contribution >= 0.6 is 0 Å². The second-order valence-electron chi connectivity index (χ2n) is 8.84. The van der Waals surface area contributed by atoms with Crippen molar-refractivity contribution in [2.24, 2.45) is 13.0 Å². The third-order valence-electron chi connectivity index (χ3n) is 6.50. The average Bonchev–Trinajstić information content (AvgIpc) is 3.10. The Morgan fingerprint density at radius 1 is 1.29 bits per heavy atom. The third kappa shape index (κ3) is 4.24. The van der Waals surface area contributed by atoms with Crippen LogP contribution in [0.5, 0.6) is 0 Å². The lowest BCUT2D eigenvalue weighted by atomic mass is 10.0. The molecule has 166 valence electrons. The van der Waals surface area contributed by atoms with Crippen LogP contribution in [0.25, 0.3) is 21.8 Å². The Morgan fingerprint density at radius 3 is 2.87 bits per heavy atom. The topological polar surface area (TPSA) is 72.2 Å². The summed E-state index contributed by atoms with van der Waals surface area (Å²) in [5.74, 6) is 0.733. The Bertz CT molecular complexity index is 1130. The molecule has 1 fully saturated rings. The van der Waals surface area contributed by atoms with Crippen LogP contribution in [0.2, 0.25) is 0 Å². The van der Waals surface area contributed by atoms with Crippen LogP contribution in [0.3, 0.4) is 0 Å². The molecule has 1 N–H and O–H groups in total. The van der Waals surface area contributed by atoms with Gasteiger partial charge in [0, 0.05) is 30.9 Å². The summed E-state index contributed by atoms with van der Waals surface area (Å²) >= 11 is 0. The largest absolute Gasteiger partial charge is 0.354 e. The Hall–Kier alpha value is -2.67. The molecule has 0 unspecified atom stereocenters. The van der Waals surface area contributed by atoms with Gasteiger partial charge in [0.2, 0.25) is 5.91 Å². The molecule has 7 heteroatoms. The van der Waals surface area contributed by atoms with E-state index in [0.717, 1.165) is 48.3 Å². The minimum Gasteiger partial charge on any atom is -0.354 e. The maximum absolute atomic E-state index is 13.2. The molecule has 1 aliphatic rings. The number of rotatable bonds is 7. The number of piperidine rings is 1. The Labute approximate surface area is 183 Å². The molecule has 0 bridgehead atoms. The van der Waals surface area contributed by atoms with Crippen LogP contribution in [0.4, 0.5) is 0 Å². The molecule has 1 aromatic carbocycles. The summed E-state index contributed by atoms with van der Waals surface area (Å²) in [6.07, 6.45) is 5.85. The Morgan fingerprint density at radius 2 is 2.10 bits per heavy atom. The number of benzene rings is 1. The molecule has 31 heavy (non-hydrogen) atoms. The van der Waals surface area contributed by atoms with Gasteiger partial charge < -0.3 is 14.8 Å². The molecule has 1 saturated heterocycles. The van der Waals surface area contributed by atoms with Crippen LogP contribution in [0.1, 0.15) is 45.6 Å². The van der Waals surface area contributed by atoms with Crippen LogP contribution in [-0.4, -0.2) is 51.3 Å². The summed E-state index contributed by atoms with van der Waals surface area (Å²) in [7, 11) is 1.65. The van der Waals surface area contributed by atoms with Crippen LogP contribution in [0, 0.1) is 5.92 Å². The highest BCUT2D eigenvalue weighted by atomic mass is 16.2. The molecule has 3 heterocycles. The summed E-state index contributed by atoms with van der Waals surface area (Å²) in [5, 5.41) is 9.07. The molecule has 1 aliphatic heterocycles. The average molecular weight is 424 g/mol. The van der Waals surface area contributed by atoms with Gasteiger partial charge in [-0.2, -0.15) is 5.10 Å². The quantitative estimate of drug-likeness (QED) is 0.593. The molecular weight excluding hydrogens is 390 g/mol. The molecular formula is C24H33N5O2. The molecule has 0 saturated carbocycles. The van der Waals surface area contributed by atoms with Gasteiger partial charge in [0.1, 0.15) is 11.6 Å². The summed E-state index contributed by atoms with van der Waals surface area (Å²) in [6.45, 7) is 8.29. The van der Waals surface area contributed by atoms with Crippen LogP contribution < -0.4 is 10.9 Å². The third-order valence-corrected chi connectivity index (χ3v) is 6.50. The lowest BCUT2D eigenvalue weighted by Gasteiger charge is -2.30. The first-order valence-electron chi connectivity index (χ1n) is 11.5. The molecule has 0 aliphatic carbocycles. The fraction of sp³-hybridized carbons (Fsp3) is 0.542. The molecule has 2 atom stereocenters. The number of hydrogen-bond donors (Lipinski definition) is 1. The molecule has 2 aromatic heterocycles. The lowest BCUT2D eigenvalue weighted by Crippen LogP contribution is -2.38.